The van der Waals surface area contributed by atoms with Crippen LogP contribution in [0.1, 0.15) is 39.5 Å². The van der Waals surface area contributed by atoms with Gasteiger partial charge in [-0.25, -0.2) is 9.18 Å². The smallest absolute Gasteiger partial charge is 0.342 e. The van der Waals surface area contributed by atoms with Crippen molar-refractivity contribution >= 4 is 11.8 Å². The summed E-state index contributed by atoms with van der Waals surface area (Å²) in [6.45, 7) is 3.03. The topological polar surface area (TPSA) is 104 Å². The van der Waals surface area contributed by atoms with Crippen LogP contribution >= 0.6 is 0 Å². The second kappa shape index (κ2) is 4.94. The lowest BCUT2D eigenvalue weighted by atomic mass is 9.45. The molecule has 152 valence electrons. The number of aliphatic hydroxyl groups excluding tert-OH is 1. The van der Waals surface area contributed by atoms with Gasteiger partial charge >= 0.3 is 5.97 Å². The van der Waals surface area contributed by atoms with Crippen molar-refractivity contribution in [2.45, 2.75) is 62.5 Å². The number of cyclic esters (lactones) is 1. The van der Waals surface area contributed by atoms with Crippen molar-refractivity contribution in [3.63, 3.8) is 0 Å². The molecule has 1 heterocycles. The number of ketones is 1. The van der Waals surface area contributed by atoms with Crippen molar-refractivity contribution in [2.75, 3.05) is 6.61 Å². The highest BCUT2D eigenvalue weighted by atomic mass is 19.1. The Hall–Kier alpha value is -1.57. The molecule has 1 saturated heterocycles. The van der Waals surface area contributed by atoms with Crippen LogP contribution < -0.4 is 0 Å². The van der Waals surface area contributed by atoms with Crippen LogP contribution in [0.25, 0.3) is 0 Å². The molecular formula is C21H25FO6. The number of hydrogen-bond donors (Lipinski definition) is 3. The minimum atomic E-state index is -2.16. The SMILES string of the molecule is C[C@]12C=CC(=O)C=C1CC[C@H]1[C@@H]3C[C@]4(O)COC(=O)[C@]4(O)[C@@]3(C)C[C@H](O)[C@@]12F. The Balaban J connectivity index is 1.66. The van der Waals surface area contributed by atoms with Crippen LogP contribution in [0.2, 0.25) is 0 Å². The van der Waals surface area contributed by atoms with Gasteiger partial charge in [0.1, 0.15) is 12.2 Å². The standard InChI is InChI=1S/C21H25FO6/c1-17-6-5-12(23)7-11(17)3-4-13-14-8-19(26)10-28-16(25)21(19,27)18(14,2)9-15(24)20(13,17)22/h5-7,13-15,24,26-27H,3-4,8-10H2,1-2H3/t13-,14-,15-,17-,18-,19-,20-,21-/m0/s1. The van der Waals surface area contributed by atoms with E-state index >= 15 is 4.39 Å². The maximum absolute atomic E-state index is 16.9. The molecule has 7 heteroatoms. The zero-order chi connectivity index (χ0) is 20.3. The minimum Gasteiger partial charge on any atom is -0.460 e. The molecule has 4 aliphatic carbocycles. The maximum Gasteiger partial charge on any atom is 0.342 e. The third-order valence-corrected chi connectivity index (χ3v) is 8.83. The summed E-state index contributed by atoms with van der Waals surface area (Å²) in [5.41, 5.74) is -7.70. The molecule has 0 radical (unpaired) electrons. The van der Waals surface area contributed by atoms with Crippen LogP contribution in [0, 0.1) is 22.7 Å². The Bertz CT molecular complexity index is 867. The van der Waals surface area contributed by atoms with Crippen LogP contribution in [0.5, 0.6) is 0 Å². The summed E-state index contributed by atoms with van der Waals surface area (Å²) in [6, 6.07) is 0. The van der Waals surface area contributed by atoms with E-state index in [0.29, 0.717) is 18.4 Å². The zero-order valence-electron chi connectivity index (χ0n) is 15.9. The number of carbonyl (C=O) groups excluding carboxylic acids is 2. The lowest BCUT2D eigenvalue weighted by molar-refractivity contribution is -0.226. The molecule has 0 aromatic rings. The van der Waals surface area contributed by atoms with Crippen LogP contribution in [-0.4, -0.2) is 56.7 Å². The monoisotopic (exact) mass is 392 g/mol. The Labute approximate surface area is 162 Å². The molecule has 6 nitrogen and oxygen atoms in total. The Kier molecular flexibility index (Phi) is 3.26. The van der Waals surface area contributed by atoms with Crippen molar-refractivity contribution in [1.82, 2.24) is 0 Å². The highest BCUT2D eigenvalue weighted by Gasteiger charge is 2.82. The number of allylic oxidation sites excluding steroid dienone is 4. The van der Waals surface area contributed by atoms with Gasteiger partial charge in [0.15, 0.2) is 17.1 Å². The molecule has 0 bridgehead atoms. The Morgan fingerprint density at radius 3 is 2.61 bits per heavy atom. The zero-order valence-corrected chi connectivity index (χ0v) is 15.9. The average Bonchev–Trinajstić information content (AvgIpc) is 2.96. The summed E-state index contributed by atoms with van der Waals surface area (Å²) in [5, 5.41) is 33.5. The van der Waals surface area contributed by atoms with Gasteiger partial charge in [0.25, 0.3) is 0 Å². The van der Waals surface area contributed by atoms with Crippen LogP contribution in [0.15, 0.2) is 23.8 Å². The van der Waals surface area contributed by atoms with Gasteiger partial charge < -0.3 is 20.1 Å². The number of alkyl halides is 1. The first-order valence-electron chi connectivity index (χ1n) is 9.87. The molecule has 0 aromatic heterocycles. The van der Waals surface area contributed by atoms with Crippen molar-refractivity contribution < 1.29 is 34.0 Å². The van der Waals surface area contributed by atoms with Crippen molar-refractivity contribution in [2.24, 2.45) is 22.7 Å². The largest absolute Gasteiger partial charge is 0.460 e. The number of fused-ring (bicyclic) bond motifs is 7. The number of aliphatic hydroxyl groups is 3. The van der Waals surface area contributed by atoms with Crippen molar-refractivity contribution in [3.8, 4) is 0 Å². The van der Waals surface area contributed by atoms with E-state index in [4.69, 9.17) is 4.74 Å². The normalized spacial score (nSPS) is 57.1. The van der Waals surface area contributed by atoms with Gasteiger partial charge in [-0.2, -0.15) is 0 Å². The van der Waals surface area contributed by atoms with Gasteiger partial charge in [-0.15, -0.1) is 0 Å². The highest BCUT2D eigenvalue weighted by molar-refractivity contribution is 6.01. The van der Waals surface area contributed by atoms with E-state index in [1.165, 1.54) is 12.2 Å². The average molecular weight is 392 g/mol. The first kappa shape index (κ1) is 18.5. The summed E-state index contributed by atoms with van der Waals surface area (Å²) in [5.74, 6) is -2.27. The molecule has 0 amide bonds. The van der Waals surface area contributed by atoms with Gasteiger partial charge in [-0.05, 0) is 50.7 Å². The number of carbonyl (C=O) groups is 2. The highest BCUT2D eigenvalue weighted by Crippen LogP contribution is 2.72. The predicted octanol–water partition coefficient (Wildman–Crippen LogP) is 0.986. The minimum absolute atomic E-state index is 0.0343. The fraction of sp³-hybridized carbons (Fsp3) is 0.714. The number of halogens is 1. The molecule has 4 fully saturated rings. The summed E-state index contributed by atoms with van der Waals surface area (Å²) in [7, 11) is 0. The van der Waals surface area contributed by atoms with Crippen LogP contribution in [0.3, 0.4) is 0 Å². The lowest BCUT2D eigenvalue weighted by Gasteiger charge is -2.62. The summed E-state index contributed by atoms with van der Waals surface area (Å²) >= 11 is 0. The van der Waals surface area contributed by atoms with E-state index < -0.39 is 51.6 Å². The van der Waals surface area contributed by atoms with Gasteiger partial charge in [0.2, 0.25) is 0 Å². The van der Waals surface area contributed by atoms with E-state index in [9.17, 15) is 24.9 Å². The summed E-state index contributed by atoms with van der Waals surface area (Å²) in [6.07, 6.45) is 3.60. The maximum atomic E-state index is 16.9. The van der Waals surface area contributed by atoms with E-state index in [0.717, 1.165) is 0 Å². The molecule has 0 spiro atoms. The van der Waals surface area contributed by atoms with E-state index in [1.807, 2.05) is 0 Å². The van der Waals surface area contributed by atoms with Crippen LogP contribution in [0.4, 0.5) is 4.39 Å². The third-order valence-electron chi connectivity index (χ3n) is 8.83. The fourth-order valence-corrected chi connectivity index (χ4v) is 7.27. The molecule has 8 atom stereocenters. The first-order chi connectivity index (χ1) is 12.9. The number of ether oxygens (including phenoxy) is 1. The van der Waals surface area contributed by atoms with E-state index in [-0.39, 0.29) is 25.2 Å². The molecule has 0 unspecified atom stereocenters. The lowest BCUT2D eigenvalue weighted by Crippen LogP contribution is -2.69. The van der Waals surface area contributed by atoms with Gasteiger partial charge in [-0.3, -0.25) is 4.79 Å². The Morgan fingerprint density at radius 2 is 1.89 bits per heavy atom. The number of rotatable bonds is 0. The second-order valence-corrected chi connectivity index (χ2v) is 9.79. The molecule has 5 rings (SSSR count). The van der Waals surface area contributed by atoms with E-state index in [2.05, 4.69) is 0 Å². The molecule has 3 N–H and O–H groups in total. The van der Waals surface area contributed by atoms with Crippen LogP contribution in [-0.2, 0) is 14.3 Å². The number of esters is 1. The van der Waals surface area contributed by atoms with Crippen molar-refractivity contribution in [3.05, 3.63) is 23.8 Å². The van der Waals surface area contributed by atoms with E-state index in [1.54, 1.807) is 19.9 Å². The molecular weight excluding hydrogens is 367 g/mol. The molecule has 3 saturated carbocycles. The Morgan fingerprint density at radius 1 is 1.18 bits per heavy atom. The predicted molar refractivity (Wildman–Crippen MR) is 94.6 cm³/mol. The van der Waals surface area contributed by atoms with Gasteiger partial charge in [0, 0.05) is 16.7 Å². The first-order valence-corrected chi connectivity index (χ1v) is 9.87. The van der Waals surface area contributed by atoms with Gasteiger partial charge in [0.05, 0.1) is 6.10 Å². The second-order valence-electron chi connectivity index (χ2n) is 9.79. The summed E-state index contributed by atoms with van der Waals surface area (Å²) < 4.78 is 21.8. The molecule has 5 aliphatic rings. The van der Waals surface area contributed by atoms with Gasteiger partial charge in [-0.1, -0.05) is 18.6 Å². The molecule has 28 heavy (non-hydrogen) atoms. The number of hydrogen-bond acceptors (Lipinski definition) is 6. The van der Waals surface area contributed by atoms with Crippen molar-refractivity contribution in [1.29, 1.82) is 0 Å². The fourth-order valence-electron chi connectivity index (χ4n) is 7.27. The summed E-state index contributed by atoms with van der Waals surface area (Å²) in [4.78, 5) is 24.3. The molecule has 1 aliphatic heterocycles. The molecule has 0 aromatic carbocycles. The quantitative estimate of drug-likeness (QED) is 0.531. The third kappa shape index (κ3) is 1.64.